The molecule has 0 saturated carbocycles. The summed E-state index contributed by atoms with van der Waals surface area (Å²) in [6.45, 7) is 2.01. The highest BCUT2D eigenvalue weighted by Gasteiger charge is 2.16. The maximum atomic E-state index is 11.5. The third-order valence-corrected chi connectivity index (χ3v) is 3.92. The summed E-state index contributed by atoms with van der Waals surface area (Å²) in [6, 6.07) is 1.88. The lowest BCUT2D eigenvalue weighted by Crippen LogP contribution is -2.14. The molecule has 8 nitrogen and oxygen atoms in total. The van der Waals surface area contributed by atoms with Gasteiger partial charge in [-0.1, -0.05) is 6.92 Å². The van der Waals surface area contributed by atoms with E-state index in [0.717, 1.165) is 21.7 Å². The quantitative estimate of drug-likeness (QED) is 0.713. The lowest BCUT2D eigenvalue weighted by atomic mass is 10.2. The van der Waals surface area contributed by atoms with E-state index in [4.69, 9.17) is 5.73 Å². The van der Waals surface area contributed by atoms with Crippen molar-refractivity contribution in [2.75, 3.05) is 5.75 Å². The Morgan fingerprint density at radius 1 is 1.48 bits per heavy atom. The van der Waals surface area contributed by atoms with Crippen molar-refractivity contribution in [2.24, 2.45) is 12.8 Å². The number of carbonyl (C=O) groups excluding carboxylic acids is 1. The van der Waals surface area contributed by atoms with Crippen LogP contribution >= 0.6 is 11.8 Å². The normalized spacial score (nSPS) is 11.1. The predicted octanol–water partition coefficient (Wildman–Crippen LogP) is 0.736. The number of hydrogen-bond acceptors (Lipinski definition) is 6. The minimum atomic E-state index is -0.485. The van der Waals surface area contributed by atoms with Crippen LogP contribution in [-0.2, 0) is 7.05 Å². The van der Waals surface area contributed by atoms with Gasteiger partial charge in [-0.15, -0.1) is 22.0 Å². The van der Waals surface area contributed by atoms with Gasteiger partial charge in [-0.2, -0.15) is 9.90 Å². The lowest BCUT2D eigenvalue weighted by Gasteiger charge is -2.06. The van der Waals surface area contributed by atoms with Crippen LogP contribution in [0.3, 0.4) is 0 Å². The van der Waals surface area contributed by atoms with Crippen LogP contribution in [0.2, 0.25) is 0 Å². The first-order valence-electron chi connectivity index (χ1n) is 6.28. The van der Waals surface area contributed by atoms with E-state index in [1.54, 1.807) is 29.5 Å². The van der Waals surface area contributed by atoms with Crippen LogP contribution < -0.4 is 5.73 Å². The Kier molecular flexibility index (Phi) is 3.34. The maximum Gasteiger partial charge on any atom is 0.251 e. The van der Waals surface area contributed by atoms with Crippen LogP contribution in [0.25, 0.3) is 16.9 Å². The zero-order valence-electron chi connectivity index (χ0n) is 11.5. The minimum Gasteiger partial charge on any atom is -0.366 e. The van der Waals surface area contributed by atoms with Gasteiger partial charge in [0.05, 0.1) is 24.3 Å². The summed E-state index contributed by atoms with van der Waals surface area (Å²) in [5, 5.41) is 16.2. The van der Waals surface area contributed by atoms with Gasteiger partial charge in [-0.3, -0.25) is 4.79 Å². The van der Waals surface area contributed by atoms with Crippen molar-refractivity contribution in [2.45, 2.75) is 11.8 Å². The second-order valence-electron chi connectivity index (χ2n) is 4.35. The van der Waals surface area contributed by atoms with E-state index in [1.807, 2.05) is 13.0 Å². The minimum absolute atomic E-state index is 0.422. The molecule has 0 saturated heterocycles. The number of fused-ring (bicyclic) bond motifs is 1. The fraction of sp³-hybridized carbons (Fsp3) is 0.250. The van der Waals surface area contributed by atoms with Gasteiger partial charge < -0.3 is 5.73 Å². The van der Waals surface area contributed by atoms with Gasteiger partial charge in [0, 0.05) is 16.7 Å². The number of amides is 1. The molecule has 3 heterocycles. The van der Waals surface area contributed by atoms with Crippen molar-refractivity contribution >= 4 is 23.2 Å². The molecule has 1 amide bonds. The predicted molar refractivity (Wildman–Crippen MR) is 77.9 cm³/mol. The SMILES string of the molecule is CCSc1c(C(N)=O)cnn2cc(-c3nnn(C)n3)cc12. The molecule has 3 aromatic rings. The van der Waals surface area contributed by atoms with Crippen LogP contribution in [0, 0.1) is 0 Å². The fourth-order valence-corrected chi connectivity index (χ4v) is 2.92. The fourth-order valence-electron chi connectivity index (χ4n) is 2.03. The Hall–Kier alpha value is -2.42. The Morgan fingerprint density at radius 2 is 2.29 bits per heavy atom. The molecule has 2 N–H and O–H groups in total. The number of nitrogens with zero attached hydrogens (tertiary/aromatic N) is 6. The molecule has 0 unspecified atom stereocenters. The first kappa shape index (κ1) is 13.6. The van der Waals surface area contributed by atoms with Crippen LogP contribution in [-0.4, -0.2) is 41.5 Å². The first-order chi connectivity index (χ1) is 10.1. The van der Waals surface area contributed by atoms with E-state index in [-0.39, 0.29) is 0 Å². The molecule has 0 radical (unpaired) electrons. The van der Waals surface area contributed by atoms with E-state index >= 15 is 0 Å². The van der Waals surface area contributed by atoms with Crippen molar-refractivity contribution in [3.63, 3.8) is 0 Å². The molecule has 0 aromatic carbocycles. The van der Waals surface area contributed by atoms with Crippen LogP contribution in [0.1, 0.15) is 17.3 Å². The Labute approximate surface area is 124 Å². The molecule has 3 rings (SSSR count). The number of primary amides is 1. The van der Waals surface area contributed by atoms with Crippen molar-refractivity contribution in [1.82, 2.24) is 29.8 Å². The largest absolute Gasteiger partial charge is 0.366 e. The molecule has 0 spiro atoms. The number of aromatic nitrogens is 6. The third kappa shape index (κ3) is 2.35. The van der Waals surface area contributed by atoms with Crippen LogP contribution in [0.4, 0.5) is 0 Å². The van der Waals surface area contributed by atoms with Crippen molar-refractivity contribution in [3.8, 4) is 11.4 Å². The van der Waals surface area contributed by atoms with E-state index < -0.39 is 5.91 Å². The molecule has 108 valence electrons. The van der Waals surface area contributed by atoms with E-state index in [2.05, 4.69) is 20.5 Å². The smallest absolute Gasteiger partial charge is 0.251 e. The summed E-state index contributed by atoms with van der Waals surface area (Å²) < 4.78 is 1.69. The second kappa shape index (κ2) is 5.17. The van der Waals surface area contributed by atoms with Gasteiger partial charge in [0.15, 0.2) is 0 Å². The molecule has 0 aliphatic carbocycles. The number of thioether (sulfide) groups is 1. The van der Waals surface area contributed by atoms with Crippen LogP contribution in [0.15, 0.2) is 23.4 Å². The third-order valence-electron chi connectivity index (χ3n) is 2.91. The van der Waals surface area contributed by atoms with Gasteiger partial charge in [0.25, 0.3) is 5.91 Å². The Balaban J connectivity index is 2.20. The average molecular weight is 303 g/mol. The second-order valence-corrected chi connectivity index (χ2v) is 5.62. The molecular formula is C12H13N7OS. The van der Waals surface area contributed by atoms with Crippen molar-refractivity contribution in [1.29, 1.82) is 0 Å². The van der Waals surface area contributed by atoms with Gasteiger partial charge >= 0.3 is 0 Å². The highest BCUT2D eigenvalue weighted by atomic mass is 32.2. The zero-order chi connectivity index (χ0) is 15.0. The number of hydrogen-bond donors (Lipinski definition) is 1. The van der Waals surface area contributed by atoms with Crippen molar-refractivity contribution < 1.29 is 4.79 Å². The van der Waals surface area contributed by atoms with Gasteiger partial charge in [0.1, 0.15) is 0 Å². The monoisotopic (exact) mass is 303 g/mol. The van der Waals surface area contributed by atoms with E-state index in [0.29, 0.717) is 11.4 Å². The molecule has 0 bridgehead atoms. The lowest BCUT2D eigenvalue weighted by molar-refractivity contribution is 0.0997. The molecule has 0 aliphatic heterocycles. The molecule has 21 heavy (non-hydrogen) atoms. The summed E-state index contributed by atoms with van der Waals surface area (Å²) in [6.07, 6.45) is 3.29. The topological polar surface area (TPSA) is 104 Å². The molecule has 0 atom stereocenters. The summed E-state index contributed by atoms with van der Waals surface area (Å²) in [5.41, 5.74) is 7.43. The molecule has 3 aromatic heterocycles. The summed E-state index contributed by atoms with van der Waals surface area (Å²) in [5.74, 6) is 0.849. The number of carbonyl (C=O) groups is 1. The molecule has 0 aliphatic rings. The average Bonchev–Trinajstić information content (AvgIpc) is 3.04. The summed E-state index contributed by atoms with van der Waals surface area (Å²) in [7, 11) is 1.70. The number of aryl methyl sites for hydroxylation is 1. The summed E-state index contributed by atoms with van der Waals surface area (Å²) in [4.78, 5) is 13.7. The highest BCUT2D eigenvalue weighted by molar-refractivity contribution is 7.99. The molecule has 0 fully saturated rings. The van der Waals surface area contributed by atoms with E-state index in [1.165, 1.54) is 11.0 Å². The van der Waals surface area contributed by atoms with Crippen molar-refractivity contribution in [3.05, 3.63) is 24.0 Å². The number of tetrazole rings is 1. The molecular weight excluding hydrogens is 290 g/mol. The van der Waals surface area contributed by atoms with Gasteiger partial charge in [0.2, 0.25) is 5.82 Å². The number of nitrogens with two attached hydrogens (primary N) is 1. The summed E-state index contributed by atoms with van der Waals surface area (Å²) >= 11 is 1.55. The van der Waals surface area contributed by atoms with Crippen LogP contribution in [0.5, 0.6) is 0 Å². The Bertz CT molecular complexity index is 822. The maximum absolute atomic E-state index is 11.5. The zero-order valence-corrected chi connectivity index (χ0v) is 12.3. The highest BCUT2D eigenvalue weighted by Crippen LogP contribution is 2.30. The van der Waals surface area contributed by atoms with Gasteiger partial charge in [-0.25, -0.2) is 4.52 Å². The standard InChI is InChI=1S/C12H13N7OS/c1-3-21-10-8(11(13)20)5-14-19-6-7(4-9(10)19)12-15-17-18(2)16-12/h4-6H,3H2,1-2H3,(H2,13,20). The Morgan fingerprint density at radius 3 is 2.90 bits per heavy atom. The molecule has 9 heteroatoms. The van der Waals surface area contributed by atoms with Gasteiger partial charge in [-0.05, 0) is 17.0 Å². The number of rotatable bonds is 4. The first-order valence-corrected chi connectivity index (χ1v) is 7.27. The van der Waals surface area contributed by atoms with E-state index in [9.17, 15) is 4.79 Å².